The average molecular weight is 365 g/mol. The number of nitrogens with one attached hydrogen (secondary N) is 1. The SMILES string of the molecule is CC(C)(CNC(=O)CCc1ccccc1O)c1cccc(C(F)(F)F)c1. The van der Waals surface area contributed by atoms with Crippen molar-refractivity contribution in [3.63, 3.8) is 0 Å². The molecule has 26 heavy (non-hydrogen) atoms. The lowest BCUT2D eigenvalue weighted by atomic mass is 9.83. The van der Waals surface area contributed by atoms with Gasteiger partial charge in [0.1, 0.15) is 5.75 Å². The number of halogens is 3. The van der Waals surface area contributed by atoms with Crippen LogP contribution in [-0.4, -0.2) is 17.6 Å². The van der Waals surface area contributed by atoms with Gasteiger partial charge in [-0.1, -0.05) is 50.2 Å². The Bertz CT molecular complexity index is 770. The third-order valence-corrected chi connectivity index (χ3v) is 4.31. The summed E-state index contributed by atoms with van der Waals surface area (Å²) in [5, 5.41) is 12.5. The number of rotatable bonds is 6. The van der Waals surface area contributed by atoms with Crippen LogP contribution in [0.2, 0.25) is 0 Å². The van der Waals surface area contributed by atoms with Crippen LogP contribution in [0.3, 0.4) is 0 Å². The van der Waals surface area contributed by atoms with E-state index in [4.69, 9.17) is 0 Å². The van der Waals surface area contributed by atoms with Gasteiger partial charge in [0.15, 0.2) is 0 Å². The number of carbonyl (C=O) groups excluding carboxylic acids is 1. The summed E-state index contributed by atoms with van der Waals surface area (Å²) in [4.78, 5) is 12.1. The van der Waals surface area contributed by atoms with Crippen LogP contribution in [0, 0.1) is 0 Å². The van der Waals surface area contributed by atoms with Crippen molar-refractivity contribution in [3.8, 4) is 5.75 Å². The number of phenols is 1. The Kier molecular flexibility index (Phi) is 5.95. The Balaban J connectivity index is 1.95. The van der Waals surface area contributed by atoms with Gasteiger partial charge in [0.2, 0.25) is 5.91 Å². The molecule has 0 radical (unpaired) electrons. The van der Waals surface area contributed by atoms with Crippen molar-refractivity contribution >= 4 is 5.91 Å². The van der Waals surface area contributed by atoms with Gasteiger partial charge in [-0.05, 0) is 29.7 Å². The zero-order valence-electron chi connectivity index (χ0n) is 14.7. The van der Waals surface area contributed by atoms with Crippen LogP contribution in [0.5, 0.6) is 5.75 Å². The largest absolute Gasteiger partial charge is 0.508 e. The fourth-order valence-corrected chi connectivity index (χ4v) is 2.60. The van der Waals surface area contributed by atoms with E-state index in [9.17, 15) is 23.1 Å². The van der Waals surface area contributed by atoms with E-state index >= 15 is 0 Å². The molecule has 0 aliphatic rings. The second kappa shape index (κ2) is 7.81. The number of aromatic hydroxyl groups is 1. The molecule has 0 aliphatic heterocycles. The zero-order valence-corrected chi connectivity index (χ0v) is 14.7. The molecule has 2 aromatic rings. The second-order valence-corrected chi connectivity index (χ2v) is 6.87. The molecule has 140 valence electrons. The maximum Gasteiger partial charge on any atom is 0.416 e. The van der Waals surface area contributed by atoms with Crippen LogP contribution < -0.4 is 5.32 Å². The summed E-state index contributed by atoms with van der Waals surface area (Å²) in [7, 11) is 0. The highest BCUT2D eigenvalue weighted by Crippen LogP contribution is 2.32. The standard InChI is InChI=1S/C20H22F3NO2/c1-19(2,15-7-5-8-16(12-15)20(21,22)23)13-24-18(26)11-10-14-6-3-4-9-17(14)25/h3-9,12,25H,10-11,13H2,1-2H3,(H,24,26). The maximum absolute atomic E-state index is 12.9. The molecule has 0 fully saturated rings. The first-order chi connectivity index (χ1) is 12.1. The van der Waals surface area contributed by atoms with E-state index in [0.29, 0.717) is 17.5 Å². The van der Waals surface area contributed by atoms with Crippen LogP contribution in [0.15, 0.2) is 48.5 Å². The van der Waals surface area contributed by atoms with Gasteiger partial charge in [0.05, 0.1) is 5.56 Å². The van der Waals surface area contributed by atoms with E-state index in [1.165, 1.54) is 6.07 Å². The molecule has 1 amide bonds. The van der Waals surface area contributed by atoms with E-state index in [2.05, 4.69) is 5.32 Å². The molecule has 3 nitrogen and oxygen atoms in total. The Hall–Kier alpha value is -2.50. The summed E-state index contributed by atoms with van der Waals surface area (Å²) in [6.45, 7) is 3.78. The molecule has 2 aromatic carbocycles. The minimum atomic E-state index is -4.40. The summed E-state index contributed by atoms with van der Waals surface area (Å²) in [6, 6.07) is 11.9. The maximum atomic E-state index is 12.9. The molecule has 0 aliphatic carbocycles. The number of benzene rings is 2. The lowest BCUT2D eigenvalue weighted by Crippen LogP contribution is -2.36. The first-order valence-electron chi connectivity index (χ1n) is 8.31. The lowest BCUT2D eigenvalue weighted by molar-refractivity contribution is -0.137. The van der Waals surface area contributed by atoms with Crippen molar-refractivity contribution in [1.82, 2.24) is 5.32 Å². The smallest absolute Gasteiger partial charge is 0.416 e. The number of para-hydroxylation sites is 1. The molecule has 0 spiro atoms. The third-order valence-electron chi connectivity index (χ3n) is 4.31. The van der Waals surface area contributed by atoms with Gasteiger partial charge in [-0.25, -0.2) is 0 Å². The van der Waals surface area contributed by atoms with Gasteiger partial charge in [-0.3, -0.25) is 4.79 Å². The summed E-state index contributed by atoms with van der Waals surface area (Å²) in [5.74, 6) is -0.0714. The fraction of sp³-hybridized carbons (Fsp3) is 0.350. The molecule has 0 saturated carbocycles. The highest BCUT2D eigenvalue weighted by Gasteiger charge is 2.32. The van der Waals surface area contributed by atoms with Crippen LogP contribution >= 0.6 is 0 Å². The van der Waals surface area contributed by atoms with Crippen molar-refractivity contribution in [2.75, 3.05) is 6.54 Å². The Morgan fingerprint density at radius 1 is 1.04 bits per heavy atom. The number of hydrogen-bond donors (Lipinski definition) is 2. The monoisotopic (exact) mass is 365 g/mol. The van der Waals surface area contributed by atoms with Crippen LogP contribution in [-0.2, 0) is 22.8 Å². The van der Waals surface area contributed by atoms with Crippen LogP contribution in [0.1, 0.15) is 37.0 Å². The highest BCUT2D eigenvalue weighted by atomic mass is 19.4. The van der Waals surface area contributed by atoms with Crippen molar-refractivity contribution in [2.45, 2.75) is 38.3 Å². The van der Waals surface area contributed by atoms with Crippen molar-refractivity contribution in [2.24, 2.45) is 0 Å². The van der Waals surface area contributed by atoms with E-state index in [1.54, 1.807) is 44.2 Å². The minimum Gasteiger partial charge on any atom is -0.508 e. The fourth-order valence-electron chi connectivity index (χ4n) is 2.60. The molecule has 6 heteroatoms. The Morgan fingerprint density at radius 2 is 1.69 bits per heavy atom. The lowest BCUT2D eigenvalue weighted by Gasteiger charge is -2.26. The molecule has 0 saturated heterocycles. The molecule has 2 N–H and O–H groups in total. The molecular formula is C20H22F3NO2. The first-order valence-corrected chi connectivity index (χ1v) is 8.31. The van der Waals surface area contributed by atoms with Crippen molar-refractivity contribution < 1.29 is 23.1 Å². The van der Waals surface area contributed by atoms with Crippen LogP contribution in [0.25, 0.3) is 0 Å². The van der Waals surface area contributed by atoms with E-state index in [-0.39, 0.29) is 24.6 Å². The van der Waals surface area contributed by atoms with Gasteiger partial charge in [0, 0.05) is 18.4 Å². The summed E-state index contributed by atoms with van der Waals surface area (Å²) < 4.78 is 38.6. The number of hydrogen-bond acceptors (Lipinski definition) is 2. The summed E-state index contributed by atoms with van der Waals surface area (Å²) in [5.41, 5.74) is -0.159. The van der Waals surface area contributed by atoms with Gasteiger partial charge < -0.3 is 10.4 Å². The molecular weight excluding hydrogens is 343 g/mol. The Morgan fingerprint density at radius 3 is 2.35 bits per heavy atom. The van der Waals surface area contributed by atoms with Gasteiger partial charge in [0.25, 0.3) is 0 Å². The quantitative estimate of drug-likeness (QED) is 0.795. The Labute approximate surface area is 150 Å². The average Bonchev–Trinajstić information content (AvgIpc) is 2.59. The topological polar surface area (TPSA) is 49.3 Å². The third kappa shape index (κ3) is 5.25. The molecule has 0 atom stereocenters. The van der Waals surface area contributed by atoms with E-state index in [1.807, 2.05) is 0 Å². The van der Waals surface area contributed by atoms with Gasteiger partial charge in [-0.2, -0.15) is 13.2 Å². The predicted molar refractivity (Wildman–Crippen MR) is 93.9 cm³/mol. The number of aryl methyl sites for hydroxylation is 1. The molecule has 2 rings (SSSR count). The minimum absolute atomic E-state index is 0.143. The molecule has 0 aromatic heterocycles. The summed E-state index contributed by atoms with van der Waals surface area (Å²) >= 11 is 0. The number of alkyl halides is 3. The summed E-state index contributed by atoms with van der Waals surface area (Å²) in [6.07, 6.45) is -3.81. The second-order valence-electron chi connectivity index (χ2n) is 6.87. The molecule has 0 unspecified atom stereocenters. The van der Waals surface area contributed by atoms with Gasteiger partial charge >= 0.3 is 6.18 Å². The predicted octanol–water partition coefficient (Wildman–Crippen LogP) is 4.44. The number of amides is 1. The van der Waals surface area contributed by atoms with Crippen molar-refractivity contribution in [1.29, 1.82) is 0 Å². The van der Waals surface area contributed by atoms with Crippen LogP contribution in [0.4, 0.5) is 13.2 Å². The number of carbonyl (C=O) groups is 1. The zero-order chi connectivity index (χ0) is 19.4. The molecule has 0 bridgehead atoms. The first kappa shape index (κ1) is 19.8. The molecule has 0 heterocycles. The number of phenolic OH excluding ortho intramolecular Hbond substituents is 1. The van der Waals surface area contributed by atoms with Gasteiger partial charge in [-0.15, -0.1) is 0 Å². The van der Waals surface area contributed by atoms with E-state index < -0.39 is 17.2 Å². The normalized spacial score (nSPS) is 12.0. The van der Waals surface area contributed by atoms with E-state index in [0.717, 1.165) is 12.1 Å². The van der Waals surface area contributed by atoms with Crippen molar-refractivity contribution in [3.05, 3.63) is 65.2 Å². The highest BCUT2D eigenvalue weighted by molar-refractivity contribution is 5.76.